The lowest BCUT2D eigenvalue weighted by molar-refractivity contribution is -0.119. The molecule has 0 aromatic rings. The number of carbonyl (C=O) groups is 1. The lowest BCUT2D eigenvalue weighted by Gasteiger charge is -2.11. The van der Waals surface area contributed by atoms with E-state index in [2.05, 4.69) is 20.8 Å². The molecule has 0 aromatic heterocycles. The molecule has 0 heterocycles. The van der Waals surface area contributed by atoms with Crippen LogP contribution < -0.4 is 0 Å². The molecular weight excluding hydrogens is 472 g/mol. The Morgan fingerprint density at radius 1 is 0.359 bits per heavy atom. The van der Waals surface area contributed by atoms with Crippen LogP contribution in [0.1, 0.15) is 233 Å². The predicted molar refractivity (Wildman–Crippen MR) is 178 cm³/mol. The van der Waals surface area contributed by atoms with Crippen LogP contribution in [0.15, 0.2) is 0 Å². The standard InChI is InChI=1S/C38H76O/c1-4-6-8-10-11-12-13-14-15-17-20-23-26-29-33-37(3)34-30-27-24-21-18-16-19-22-25-28-32-36-38(39)35-31-9-7-5-2/h37H,4-36H2,1-3H3. The van der Waals surface area contributed by atoms with E-state index < -0.39 is 0 Å². The van der Waals surface area contributed by atoms with Crippen LogP contribution >= 0.6 is 0 Å². The van der Waals surface area contributed by atoms with Crippen molar-refractivity contribution in [3.05, 3.63) is 0 Å². The van der Waals surface area contributed by atoms with Crippen LogP contribution in [0.3, 0.4) is 0 Å². The fourth-order valence-corrected chi connectivity index (χ4v) is 6.11. The van der Waals surface area contributed by atoms with Gasteiger partial charge in [0, 0.05) is 12.8 Å². The Morgan fingerprint density at radius 3 is 0.897 bits per heavy atom. The van der Waals surface area contributed by atoms with Crippen molar-refractivity contribution in [1.82, 2.24) is 0 Å². The quantitative estimate of drug-likeness (QED) is 0.0731. The van der Waals surface area contributed by atoms with E-state index in [1.807, 2.05) is 0 Å². The van der Waals surface area contributed by atoms with E-state index >= 15 is 0 Å². The number of rotatable bonds is 34. The zero-order valence-electron chi connectivity index (χ0n) is 27.8. The molecule has 0 saturated carbocycles. The van der Waals surface area contributed by atoms with Crippen molar-refractivity contribution in [1.29, 1.82) is 0 Å². The predicted octanol–water partition coefficient (Wildman–Crippen LogP) is 14.1. The van der Waals surface area contributed by atoms with Gasteiger partial charge in [-0.3, -0.25) is 4.79 Å². The number of carbonyl (C=O) groups excluding carboxylic acids is 1. The number of hydrogen-bond donors (Lipinski definition) is 0. The van der Waals surface area contributed by atoms with Crippen molar-refractivity contribution < 1.29 is 4.79 Å². The van der Waals surface area contributed by atoms with Gasteiger partial charge in [-0.05, 0) is 18.8 Å². The summed E-state index contributed by atoms with van der Waals surface area (Å²) in [7, 11) is 0. The molecule has 39 heavy (non-hydrogen) atoms. The summed E-state index contributed by atoms with van der Waals surface area (Å²) in [5.74, 6) is 1.45. The molecule has 0 radical (unpaired) electrons. The Balaban J connectivity index is 3.19. The van der Waals surface area contributed by atoms with Gasteiger partial charge >= 0.3 is 0 Å². The first kappa shape index (κ1) is 38.7. The fraction of sp³-hybridized carbons (Fsp3) is 0.974. The van der Waals surface area contributed by atoms with Gasteiger partial charge in [0.25, 0.3) is 0 Å². The minimum Gasteiger partial charge on any atom is -0.300 e. The first-order chi connectivity index (χ1) is 19.2. The van der Waals surface area contributed by atoms with Crippen molar-refractivity contribution in [3.8, 4) is 0 Å². The van der Waals surface area contributed by atoms with Gasteiger partial charge in [-0.1, -0.05) is 207 Å². The summed E-state index contributed by atoms with van der Waals surface area (Å²) in [5, 5.41) is 0. The van der Waals surface area contributed by atoms with E-state index in [9.17, 15) is 4.79 Å². The van der Waals surface area contributed by atoms with E-state index in [1.54, 1.807) is 0 Å². The van der Waals surface area contributed by atoms with Gasteiger partial charge in [-0.15, -0.1) is 0 Å². The van der Waals surface area contributed by atoms with Gasteiger partial charge < -0.3 is 0 Å². The first-order valence-electron chi connectivity index (χ1n) is 18.7. The number of hydrogen-bond acceptors (Lipinski definition) is 1. The zero-order valence-corrected chi connectivity index (χ0v) is 27.8. The first-order valence-corrected chi connectivity index (χ1v) is 18.7. The number of unbranched alkanes of at least 4 members (excludes halogenated alkanes) is 26. The SMILES string of the molecule is CCCCCCCCCCCCCCCCC(C)CCCCCCCCCCCCCC(=O)CCCCCC. The van der Waals surface area contributed by atoms with Crippen molar-refractivity contribution >= 4 is 5.78 Å². The Kier molecular flexibility index (Phi) is 33.6. The van der Waals surface area contributed by atoms with Crippen molar-refractivity contribution in [3.63, 3.8) is 0 Å². The maximum absolute atomic E-state index is 11.9. The highest BCUT2D eigenvalue weighted by Crippen LogP contribution is 2.19. The smallest absolute Gasteiger partial charge is 0.132 e. The lowest BCUT2D eigenvalue weighted by Crippen LogP contribution is -1.97. The monoisotopic (exact) mass is 549 g/mol. The van der Waals surface area contributed by atoms with Crippen LogP contribution in [0.25, 0.3) is 0 Å². The Labute approximate surface area is 248 Å². The molecule has 0 rings (SSSR count). The second-order valence-corrected chi connectivity index (χ2v) is 13.3. The van der Waals surface area contributed by atoms with Gasteiger partial charge in [0.05, 0.1) is 0 Å². The molecule has 0 amide bonds. The minimum absolute atomic E-state index is 0.510. The third-order valence-electron chi connectivity index (χ3n) is 9.01. The molecule has 0 aliphatic carbocycles. The highest BCUT2D eigenvalue weighted by Gasteiger charge is 2.03. The normalized spacial score (nSPS) is 12.3. The largest absolute Gasteiger partial charge is 0.300 e. The van der Waals surface area contributed by atoms with E-state index in [0.717, 1.165) is 31.6 Å². The number of Topliss-reactive ketones (excluding diaryl/α,β-unsaturated/α-hetero) is 1. The Morgan fingerprint density at radius 2 is 0.590 bits per heavy atom. The van der Waals surface area contributed by atoms with Crippen molar-refractivity contribution in [2.24, 2.45) is 5.92 Å². The molecule has 0 bridgehead atoms. The molecule has 1 atom stereocenters. The summed E-state index contributed by atoms with van der Waals surface area (Å²) in [6.45, 7) is 7.02. The highest BCUT2D eigenvalue weighted by atomic mass is 16.1. The fourth-order valence-electron chi connectivity index (χ4n) is 6.11. The summed E-state index contributed by atoms with van der Waals surface area (Å²) < 4.78 is 0. The second-order valence-electron chi connectivity index (χ2n) is 13.3. The van der Waals surface area contributed by atoms with E-state index in [-0.39, 0.29) is 0 Å². The molecule has 0 N–H and O–H groups in total. The van der Waals surface area contributed by atoms with Gasteiger partial charge in [0.15, 0.2) is 0 Å². The molecule has 0 aliphatic rings. The van der Waals surface area contributed by atoms with Gasteiger partial charge in [-0.2, -0.15) is 0 Å². The average Bonchev–Trinajstić information content (AvgIpc) is 2.93. The molecule has 0 aliphatic heterocycles. The van der Waals surface area contributed by atoms with E-state index in [1.165, 1.54) is 186 Å². The minimum atomic E-state index is 0.510. The van der Waals surface area contributed by atoms with Crippen LogP contribution in [0.2, 0.25) is 0 Å². The highest BCUT2D eigenvalue weighted by molar-refractivity contribution is 5.78. The summed E-state index contributed by atoms with van der Waals surface area (Å²) in [6.07, 6.45) is 45.2. The van der Waals surface area contributed by atoms with Crippen LogP contribution in [0, 0.1) is 5.92 Å². The zero-order chi connectivity index (χ0) is 28.5. The molecule has 0 saturated heterocycles. The van der Waals surface area contributed by atoms with E-state index in [4.69, 9.17) is 0 Å². The van der Waals surface area contributed by atoms with Gasteiger partial charge in [0.2, 0.25) is 0 Å². The summed E-state index contributed by atoms with van der Waals surface area (Å²) in [6, 6.07) is 0. The van der Waals surface area contributed by atoms with Crippen LogP contribution in [-0.4, -0.2) is 5.78 Å². The van der Waals surface area contributed by atoms with Crippen molar-refractivity contribution in [2.75, 3.05) is 0 Å². The van der Waals surface area contributed by atoms with Gasteiger partial charge in [0.1, 0.15) is 5.78 Å². The van der Waals surface area contributed by atoms with Crippen LogP contribution in [0.5, 0.6) is 0 Å². The lowest BCUT2D eigenvalue weighted by atomic mass is 9.95. The summed E-state index contributed by atoms with van der Waals surface area (Å²) in [5.41, 5.74) is 0. The Bertz CT molecular complexity index is 456. The molecule has 0 spiro atoms. The van der Waals surface area contributed by atoms with E-state index in [0.29, 0.717) is 5.78 Å². The summed E-state index contributed by atoms with van der Waals surface area (Å²) in [4.78, 5) is 11.9. The molecule has 1 unspecified atom stereocenters. The number of ketones is 1. The maximum atomic E-state index is 11.9. The summed E-state index contributed by atoms with van der Waals surface area (Å²) >= 11 is 0. The third kappa shape index (κ3) is 33.8. The van der Waals surface area contributed by atoms with Crippen LogP contribution in [-0.2, 0) is 4.79 Å². The second kappa shape index (κ2) is 33.9. The molecule has 1 nitrogen and oxygen atoms in total. The molecule has 0 aromatic carbocycles. The van der Waals surface area contributed by atoms with Crippen molar-refractivity contribution in [2.45, 2.75) is 233 Å². The molecule has 0 fully saturated rings. The van der Waals surface area contributed by atoms with Gasteiger partial charge in [-0.25, -0.2) is 0 Å². The third-order valence-corrected chi connectivity index (χ3v) is 9.01. The molecular formula is C38H76O. The molecule has 1 heteroatoms. The maximum Gasteiger partial charge on any atom is 0.132 e. The average molecular weight is 549 g/mol. The molecule has 234 valence electrons. The Hall–Kier alpha value is -0.330. The van der Waals surface area contributed by atoms with Crippen LogP contribution in [0.4, 0.5) is 0 Å². The topological polar surface area (TPSA) is 17.1 Å².